The van der Waals surface area contributed by atoms with E-state index < -0.39 is 22.5 Å². The number of benzene rings is 3. The smallest absolute Gasteiger partial charge is 0.181 e. The molecule has 5 aliphatic rings. The molecule has 3 aromatic rings. The molecule has 1 saturated heterocycles. The lowest BCUT2D eigenvalue weighted by Gasteiger charge is -2.64. The Morgan fingerprint density at radius 3 is 2.69 bits per heavy atom. The molecular weight excluding hydrogens is 490 g/mol. The first kappa shape index (κ1) is 23.5. The molecule has 2 heterocycles. The van der Waals surface area contributed by atoms with Crippen LogP contribution in [0.2, 0.25) is 0 Å². The average molecular weight is 524 g/mol. The first-order valence-corrected chi connectivity index (χ1v) is 14.0. The quantitative estimate of drug-likeness (QED) is 0.557. The minimum absolute atomic E-state index is 0.0810. The minimum atomic E-state index is -1.09. The van der Waals surface area contributed by atoms with Gasteiger partial charge < -0.3 is 24.2 Å². The normalized spacial score (nSPS) is 33.5. The van der Waals surface area contributed by atoms with Gasteiger partial charge in [0.15, 0.2) is 23.4 Å². The fraction of sp³-hybridized carbons (Fsp3) is 0.424. The van der Waals surface area contributed by atoms with Gasteiger partial charge in [0.25, 0.3) is 0 Å². The van der Waals surface area contributed by atoms with Crippen molar-refractivity contribution in [3.05, 3.63) is 88.5 Å². The van der Waals surface area contributed by atoms with Gasteiger partial charge in [-0.15, -0.1) is 0 Å². The number of aliphatic hydroxyl groups is 1. The van der Waals surface area contributed by atoms with Crippen molar-refractivity contribution in [2.75, 3.05) is 20.7 Å². The molecule has 39 heavy (non-hydrogen) atoms. The van der Waals surface area contributed by atoms with E-state index in [1.165, 1.54) is 5.56 Å². The maximum absolute atomic E-state index is 14.7. The number of carbonyl (C=O) groups excluding carboxylic acids is 1. The lowest BCUT2D eigenvalue weighted by atomic mass is 9.44. The Hall–Kier alpha value is -3.35. The van der Waals surface area contributed by atoms with E-state index in [4.69, 9.17) is 14.2 Å². The summed E-state index contributed by atoms with van der Waals surface area (Å²) in [5.41, 5.74) is 2.90. The van der Waals surface area contributed by atoms with Gasteiger partial charge in [-0.25, -0.2) is 0 Å². The van der Waals surface area contributed by atoms with E-state index in [2.05, 4.69) is 24.1 Å². The number of likely N-dealkylation sites (N-methyl/N-ethyl adjacent to an activating group) is 1. The molecule has 200 valence electrons. The van der Waals surface area contributed by atoms with Crippen LogP contribution in [0, 0.1) is 5.41 Å². The minimum Gasteiger partial charge on any atom is -0.496 e. The standard InChI is InChI=1S/C33H33NO5/c1-34-14-13-32-27-21-11-12-25(38-18-20-7-4-3-5-8-20)28(27)39-30(32)29(35)31(19-33(32,36)26(34)15-21)16-22-9-6-10-24(37-2)23(22)17-31/h3-12,26,30,36H,13-19H2,1-2H3/t26-,30-,31?,32-,33+/m0/s1. The Bertz CT molecular complexity index is 1520. The van der Waals surface area contributed by atoms with Crippen LogP contribution in [0.15, 0.2) is 60.7 Å². The number of likely N-dealkylation sites (tertiary alicyclic amines) is 1. The molecule has 2 fully saturated rings. The van der Waals surface area contributed by atoms with Crippen LogP contribution in [0.1, 0.15) is 40.7 Å². The zero-order chi connectivity index (χ0) is 26.6. The largest absolute Gasteiger partial charge is 0.496 e. The van der Waals surface area contributed by atoms with E-state index in [1.807, 2.05) is 48.5 Å². The van der Waals surface area contributed by atoms with Crippen LogP contribution in [-0.4, -0.2) is 54.2 Å². The summed E-state index contributed by atoms with van der Waals surface area (Å²) in [7, 11) is 3.79. The van der Waals surface area contributed by atoms with Crippen molar-refractivity contribution < 1.29 is 24.1 Å². The molecule has 1 unspecified atom stereocenters. The molecule has 0 radical (unpaired) electrons. The second-order valence-corrected chi connectivity index (χ2v) is 12.3. The van der Waals surface area contributed by atoms with Crippen molar-refractivity contribution in [1.29, 1.82) is 0 Å². The molecule has 6 heteroatoms. The van der Waals surface area contributed by atoms with Crippen LogP contribution < -0.4 is 14.2 Å². The van der Waals surface area contributed by atoms with Gasteiger partial charge >= 0.3 is 0 Å². The van der Waals surface area contributed by atoms with Gasteiger partial charge in [0.05, 0.1) is 18.1 Å². The number of hydrogen-bond acceptors (Lipinski definition) is 6. The molecule has 0 aromatic heterocycles. The van der Waals surface area contributed by atoms with E-state index in [1.54, 1.807) is 7.11 Å². The van der Waals surface area contributed by atoms with Crippen molar-refractivity contribution >= 4 is 5.78 Å². The molecule has 0 amide bonds. The van der Waals surface area contributed by atoms with Gasteiger partial charge in [-0.1, -0.05) is 48.5 Å². The Morgan fingerprint density at radius 2 is 1.87 bits per heavy atom. The Labute approximate surface area is 228 Å². The maximum atomic E-state index is 14.7. The summed E-state index contributed by atoms with van der Waals surface area (Å²) in [5, 5.41) is 13.0. The SMILES string of the molecule is COc1cccc2c1CC1(C2)C[C@@]2(O)[C@@H]3Cc4ccc(OCc5ccccc5)c5c4[C@@]2(CCN3C)[C@@H](O5)C1=O. The molecule has 3 aromatic carbocycles. The van der Waals surface area contributed by atoms with E-state index in [9.17, 15) is 9.90 Å². The number of carbonyl (C=O) groups is 1. The molecule has 1 saturated carbocycles. The highest BCUT2D eigenvalue weighted by Gasteiger charge is 2.77. The Kier molecular flexibility index (Phi) is 4.74. The summed E-state index contributed by atoms with van der Waals surface area (Å²) in [4.78, 5) is 17.0. The molecular formula is C33H33NO5. The molecule has 6 nitrogen and oxygen atoms in total. The molecule has 5 atom stereocenters. The topological polar surface area (TPSA) is 68.2 Å². The summed E-state index contributed by atoms with van der Waals surface area (Å²) in [5.74, 6) is 2.25. The number of Topliss-reactive ketones (excluding diaryl/α,β-unsaturated/α-hetero) is 1. The number of piperidine rings is 1. The molecule has 2 bridgehead atoms. The third kappa shape index (κ3) is 2.86. The second-order valence-electron chi connectivity index (χ2n) is 12.3. The predicted molar refractivity (Wildman–Crippen MR) is 145 cm³/mol. The number of nitrogens with zero attached hydrogens (tertiary/aromatic N) is 1. The molecule has 1 N–H and O–H groups in total. The maximum Gasteiger partial charge on any atom is 0.181 e. The molecule has 3 aliphatic carbocycles. The van der Waals surface area contributed by atoms with Crippen molar-refractivity contribution in [2.45, 2.75) is 61.9 Å². The van der Waals surface area contributed by atoms with Gasteiger partial charge in [0.1, 0.15) is 12.4 Å². The molecule has 8 rings (SSSR count). The van der Waals surface area contributed by atoms with Gasteiger partial charge in [0.2, 0.25) is 0 Å². The zero-order valence-corrected chi connectivity index (χ0v) is 22.4. The Balaban J connectivity index is 1.26. The Morgan fingerprint density at radius 1 is 1.03 bits per heavy atom. The lowest BCUT2D eigenvalue weighted by Crippen LogP contribution is -2.79. The van der Waals surface area contributed by atoms with Gasteiger partial charge in [0, 0.05) is 17.0 Å². The summed E-state index contributed by atoms with van der Waals surface area (Å²) >= 11 is 0. The van der Waals surface area contributed by atoms with Crippen LogP contribution in [0.25, 0.3) is 0 Å². The highest BCUT2D eigenvalue weighted by molar-refractivity contribution is 5.96. The fourth-order valence-corrected chi connectivity index (χ4v) is 8.87. The van der Waals surface area contributed by atoms with Gasteiger partial charge in [-0.2, -0.15) is 0 Å². The number of ketones is 1. The first-order chi connectivity index (χ1) is 18.9. The first-order valence-electron chi connectivity index (χ1n) is 14.0. The van der Waals surface area contributed by atoms with Crippen molar-refractivity contribution in [3.63, 3.8) is 0 Å². The monoisotopic (exact) mass is 523 g/mol. The number of rotatable bonds is 4. The van der Waals surface area contributed by atoms with Crippen molar-refractivity contribution in [2.24, 2.45) is 5.41 Å². The van der Waals surface area contributed by atoms with Crippen LogP contribution in [-0.2, 0) is 36.1 Å². The van der Waals surface area contributed by atoms with E-state index >= 15 is 0 Å². The summed E-state index contributed by atoms with van der Waals surface area (Å²) in [6.45, 7) is 1.23. The number of ether oxygens (including phenoxy) is 3. The summed E-state index contributed by atoms with van der Waals surface area (Å²) in [6.07, 6.45) is 2.28. The average Bonchev–Trinajstić information content (AvgIpc) is 3.49. The number of hydrogen-bond donors (Lipinski definition) is 1. The lowest BCUT2D eigenvalue weighted by molar-refractivity contribution is -0.206. The third-order valence-electron chi connectivity index (χ3n) is 10.6. The van der Waals surface area contributed by atoms with Crippen LogP contribution in [0.5, 0.6) is 17.2 Å². The third-order valence-corrected chi connectivity index (χ3v) is 10.6. The zero-order valence-electron chi connectivity index (χ0n) is 22.4. The van der Waals surface area contributed by atoms with Crippen LogP contribution in [0.3, 0.4) is 0 Å². The summed E-state index contributed by atoms with van der Waals surface area (Å²) < 4.78 is 18.8. The van der Waals surface area contributed by atoms with Crippen molar-refractivity contribution in [3.8, 4) is 17.2 Å². The van der Waals surface area contributed by atoms with Crippen LogP contribution in [0.4, 0.5) is 0 Å². The van der Waals surface area contributed by atoms with E-state index in [-0.39, 0.29) is 11.8 Å². The molecule has 2 aliphatic heterocycles. The van der Waals surface area contributed by atoms with E-state index in [0.29, 0.717) is 43.8 Å². The number of fused-ring (bicyclic) bond motifs is 1. The second kappa shape index (κ2) is 7.86. The highest BCUT2D eigenvalue weighted by Crippen LogP contribution is 2.68. The summed E-state index contributed by atoms with van der Waals surface area (Å²) in [6, 6.07) is 20.2. The predicted octanol–water partition coefficient (Wildman–Crippen LogP) is 4.02. The fourth-order valence-electron chi connectivity index (χ4n) is 8.87. The number of methoxy groups -OCH3 is 1. The van der Waals surface area contributed by atoms with Gasteiger partial charge in [-0.3, -0.25) is 4.79 Å². The van der Waals surface area contributed by atoms with E-state index in [0.717, 1.165) is 41.0 Å². The van der Waals surface area contributed by atoms with Gasteiger partial charge in [-0.05, 0) is 80.1 Å². The van der Waals surface area contributed by atoms with Crippen LogP contribution >= 0.6 is 0 Å². The highest BCUT2D eigenvalue weighted by atomic mass is 16.5. The molecule has 2 spiro atoms. The van der Waals surface area contributed by atoms with Crippen molar-refractivity contribution in [1.82, 2.24) is 4.90 Å².